The van der Waals surface area contributed by atoms with Crippen molar-refractivity contribution in [3.8, 4) is 0 Å². The highest BCUT2D eigenvalue weighted by molar-refractivity contribution is 5.92. The van der Waals surface area contributed by atoms with Crippen molar-refractivity contribution in [3.63, 3.8) is 0 Å². The molecule has 1 saturated heterocycles. The Bertz CT molecular complexity index is 1080. The molecule has 8 heteroatoms. The van der Waals surface area contributed by atoms with E-state index in [1.807, 2.05) is 26.1 Å². The summed E-state index contributed by atoms with van der Waals surface area (Å²) in [5.41, 5.74) is 4.02. The lowest BCUT2D eigenvalue weighted by atomic mass is 10.0. The largest absolute Gasteiger partial charge is 0.377 e. The van der Waals surface area contributed by atoms with Gasteiger partial charge in [-0.1, -0.05) is 12.1 Å². The Morgan fingerprint density at radius 2 is 1.84 bits per heavy atom. The number of aryl methyl sites for hydroxylation is 1. The molecule has 31 heavy (non-hydrogen) atoms. The maximum absolute atomic E-state index is 14.0. The zero-order valence-corrected chi connectivity index (χ0v) is 18.5. The quantitative estimate of drug-likeness (QED) is 0.644. The zero-order valence-electron chi connectivity index (χ0n) is 18.5. The molecule has 164 valence electrons. The van der Waals surface area contributed by atoms with E-state index in [4.69, 9.17) is 9.47 Å². The van der Waals surface area contributed by atoms with E-state index >= 15 is 0 Å². The minimum absolute atomic E-state index is 0.00608. The van der Waals surface area contributed by atoms with Gasteiger partial charge in [0.25, 0.3) is 0 Å². The van der Waals surface area contributed by atoms with Gasteiger partial charge in [-0.2, -0.15) is 5.10 Å². The maximum Gasteiger partial charge on any atom is 0.158 e. The van der Waals surface area contributed by atoms with Crippen molar-refractivity contribution in [1.82, 2.24) is 15.2 Å². The number of nitrogens with one attached hydrogen (secondary N) is 1. The van der Waals surface area contributed by atoms with Crippen molar-refractivity contribution in [3.05, 3.63) is 53.1 Å². The monoisotopic (exact) mass is 425 g/mol. The highest BCUT2D eigenvalue weighted by Gasteiger charge is 2.33. The number of ether oxygens (including phenoxy) is 2. The molecule has 3 atom stereocenters. The van der Waals surface area contributed by atoms with E-state index in [2.05, 4.69) is 31.5 Å². The summed E-state index contributed by atoms with van der Waals surface area (Å²) in [4.78, 5) is 6.88. The Hall–Kier alpha value is -2.84. The molecular weight excluding hydrogens is 397 g/mol. The summed E-state index contributed by atoms with van der Waals surface area (Å²) in [5.74, 6) is 0.404. The first kappa shape index (κ1) is 21.4. The van der Waals surface area contributed by atoms with Crippen molar-refractivity contribution in [2.45, 2.75) is 39.0 Å². The van der Waals surface area contributed by atoms with Gasteiger partial charge in [-0.25, -0.2) is 4.39 Å². The molecule has 0 bridgehead atoms. The summed E-state index contributed by atoms with van der Waals surface area (Å²) < 4.78 is 25.2. The summed E-state index contributed by atoms with van der Waals surface area (Å²) in [6, 6.07) is 7.04. The molecule has 3 heterocycles. The molecule has 1 fully saturated rings. The number of rotatable bonds is 6. The van der Waals surface area contributed by atoms with Gasteiger partial charge in [0.15, 0.2) is 5.82 Å². The van der Waals surface area contributed by atoms with E-state index < -0.39 is 0 Å². The fourth-order valence-electron chi connectivity index (χ4n) is 4.21. The summed E-state index contributed by atoms with van der Waals surface area (Å²) in [6.45, 7) is 7.11. The smallest absolute Gasteiger partial charge is 0.158 e. The Labute approximate surface area is 181 Å². The van der Waals surface area contributed by atoms with E-state index in [0.717, 1.165) is 40.9 Å². The van der Waals surface area contributed by atoms with E-state index in [9.17, 15) is 4.39 Å². The number of benzene rings is 1. The fourth-order valence-corrected chi connectivity index (χ4v) is 4.21. The van der Waals surface area contributed by atoms with Gasteiger partial charge >= 0.3 is 0 Å². The average molecular weight is 426 g/mol. The first-order valence-corrected chi connectivity index (χ1v) is 10.4. The minimum Gasteiger partial charge on any atom is -0.377 e. The number of hydrogen-bond acceptors (Lipinski definition) is 7. The molecule has 0 unspecified atom stereocenters. The van der Waals surface area contributed by atoms with Crippen LogP contribution < -0.4 is 10.2 Å². The standard InChI is InChI=1S/C23H28FN5O2/c1-13-17(7-6-8-19(13)24)14(2)26-23-18-9-16(10-25-22(18)15(3)27-28-23)29-11-20(30-4)21(12-29)31-5/h6-10,14,20-21H,11-12H2,1-5H3,(H,26,28)/t14-,20-,21+/m1/s1. The van der Waals surface area contributed by atoms with Gasteiger partial charge in [-0.3, -0.25) is 4.98 Å². The van der Waals surface area contributed by atoms with Crippen LogP contribution in [0.1, 0.15) is 29.8 Å². The molecular formula is C23H28FN5O2. The lowest BCUT2D eigenvalue weighted by Crippen LogP contribution is -2.27. The molecule has 1 aromatic carbocycles. The van der Waals surface area contributed by atoms with Crippen LogP contribution in [0.3, 0.4) is 0 Å². The molecule has 0 radical (unpaired) electrons. The third kappa shape index (κ3) is 4.05. The second-order valence-electron chi connectivity index (χ2n) is 8.00. The van der Waals surface area contributed by atoms with Crippen LogP contribution in [0, 0.1) is 19.7 Å². The van der Waals surface area contributed by atoms with Gasteiger partial charge in [0.2, 0.25) is 0 Å². The van der Waals surface area contributed by atoms with Crippen molar-refractivity contribution in [2.24, 2.45) is 0 Å². The predicted octanol–water partition coefficient (Wildman–Crippen LogP) is 3.80. The number of pyridine rings is 1. The number of nitrogens with zero attached hydrogens (tertiary/aromatic N) is 4. The van der Waals surface area contributed by atoms with Gasteiger partial charge in [0.1, 0.15) is 18.0 Å². The number of hydrogen-bond donors (Lipinski definition) is 1. The number of halogens is 1. The molecule has 0 spiro atoms. The van der Waals surface area contributed by atoms with Crippen LogP contribution in [0.25, 0.3) is 10.9 Å². The second-order valence-corrected chi connectivity index (χ2v) is 8.00. The Morgan fingerprint density at radius 3 is 2.52 bits per heavy atom. The molecule has 0 aliphatic carbocycles. The Balaban J connectivity index is 1.69. The highest BCUT2D eigenvalue weighted by Crippen LogP contribution is 2.31. The van der Waals surface area contributed by atoms with Gasteiger partial charge in [-0.15, -0.1) is 5.10 Å². The van der Waals surface area contributed by atoms with Crippen LogP contribution in [-0.2, 0) is 9.47 Å². The molecule has 1 aliphatic rings. The van der Waals surface area contributed by atoms with E-state index in [1.165, 1.54) is 6.07 Å². The van der Waals surface area contributed by atoms with Crippen LogP contribution in [-0.4, -0.2) is 54.7 Å². The molecule has 4 rings (SSSR count). The normalized spacial score (nSPS) is 19.7. The molecule has 1 N–H and O–H groups in total. The Morgan fingerprint density at radius 1 is 1.13 bits per heavy atom. The third-order valence-electron chi connectivity index (χ3n) is 6.09. The van der Waals surface area contributed by atoms with E-state index in [0.29, 0.717) is 11.4 Å². The van der Waals surface area contributed by atoms with Crippen molar-refractivity contribution >= 4 is 22.4 Å². The van der Waals surface area contributed by atoms with Crippen LogP contribution in [0.2, 0.25) is 0 Å². The van der Waals surface area contributed by atoms with Gasteiger partial charge in [0.05, 0.1) is 29.1 Å². The van der Waals surface area contributed by atoms with Crippen LogP contribution in [0.15, 0.2) is 30.5 Å². The Kier molecular flexibility index (Phi) is 6.02. The molecule has 7 nitrogen and oxygen atoms in total. The lowest BCUT2D eigenvalue weighted by Gasteiger charge is -2.21. The highest BCUT2D eigenvalue weighted by atomic mass is 19.1. The van der Waals surface area contributed by atoms with E-state index in [1.54, 1.807) is 27.2 Å². The number of methoxy groups -OCH3 is 2. The number of fused-ring (bicyclic) bond motifs is 1. The van der Waals surface area contributed by atoms with Gasteiger partial charge in [-0.05, 0) is 44.0 Å². The molecule has 3 aromatic rings. The molecule has 0 amide bonds. The molecule has 0 saturated carbocycles. The summed E-state index contributed by atoms with van der Waals surface area (Å²) in [7, 11) is 3.41. The van der Waals surface area contributed by atoms with Crippen LogP contribution in [0.4, 0.5) is 15.9 Å². The lowest BCUT2D eigenvalue weighted by molar-refractivity contribution is -0.00461. The van der Waals surface area contributed by atoms with Gasteiger partial charge in [0, 0.05) is 32.7 Å². The van der Waals surface area contributed by atoms with Crippen molar-refractivity contribution in [2.75, 3.05) is 37.5 Å². The molecule has 2 aromatic heterocycles. The average Bonchev–Trinajstić information content (AvgIpc) is 3.21. The molecule has 1 aliphatic heterocycles. The summed E-state index contributed by atoms with van der Waals surface area (Å²) in [6.07, 6.45) is 1.87. The third-order valence-corrected chi connectivity index (χ3v) is 6.09. The van der Waals surface area contributed by atoms with Gasteiger partial charge < -0.3 is 19.7 Å². The first-order chi connectivity index (χ1) is 14.9. The zero-order chi connectivity index (χ0) is 22.1. The van der Waals surface area contributed by atoms with Crippen LogP contribution in [0.5, 0.6) is 0 Å². The fraction of sp³-hybridized carbons (Fsp3) is 0.435. The summed E-state index contributed by atoms with van der Waals surface area (Å²) >= 11 is 0. The topological polar surface area (TPSA) is 72.4 Å². The number of aromatic nitrogens is 3. The summed E-state index contributed by atoms with van der Waals surface area (Å²) in [5, 5.41) is 12.9. The van der Waals surface area contributed by atoms with Crippen molar-refractivity contribution in [1.29, 1.82) is 0 Å². The minimum atomic E-state index is -0.218. The van der Waals surface area contributed by atoms with Crippen LogP contribution >= 0.6 is 0 Å². The second kappa shape index (κ2) is 8.72. The van der Waals surface area contributed by atoms with E-state index in [-0.39, 0.29) is 24.1 Å². The number of anilines is 2. The maximum atomic E-state index is 14.0. The predicted molar refractivity (Wildman–Crippen MR) is 119 cm³/mol. The SMILES string of the molecule is CO[C@H]1CN(c2cnc3c(C)nnc(N[C@H](C)c4cccc(F)c4C)c3c2)C[C@H]1OC. The van der Waals surface area contributed by atoms with Crippen molar-refractivity contribution < 1.29 is 13.9 Å². The first-order valence-electron chi connectivity index (χ1n) is 10.4.